The van der Waals surface area contributed by atoms with E-state index in [1.54, 1.807) is 0 Å². The van der Waals surface area contributed by atoms with Gasteiger partial charge in [-0.15, -0.1) is 0 Å². The summed E-state index contributed by atoms with van der Waals surface area (Å²) in [6, 6.07) is 3.96. The Labute approximate surface area is 111 Å². The first-order chi connectivity index (χ1) is 8.51. The fourth-order valence-corrected chi connectivity index (χ4v) is 1.77. The lowest BCUT2D eigenvalue weighted by Gasteiger charge is -2.20. The zero-order valence-corrected chi connectivity index (χ0v) is 11.4. The van der Waals surface area contributed by atoms with Gasteiger partial charge in [0.05, 0.1) is 0 Å². The first-order valence-electron chi connectivity index (χ1n) is 5.35. The van der Waals surface area contributed by atoms with Crippen LogP contribution in [0.25, 0.3) is 0 Å². The van der Waals surface area contributed by atoms with Gasteiger partial charge in [0.25, 0.3) is 0 Å². The van der Waals surface area contributed by atoms with Crippen molar-refractivity contribution in [3.8, 4) is 0 Å². The van der Waals surface area contributed by atoms with Gasteiger partial charge in [-0.1, -0.05) is 16.5 Å². The molecule has 0 saturated carbocycles. The van der Waals surface area contributed by atoms with Crippen molar-refractivity contribution in [3.05, 3.63) is 35.6 Å². The maximum atomic E-state index is 13.0. The van der Waals surface area contributed by atoms with Gasteiger partial charge < -0.3 is 4.55 Å². The largest absolute Gasteiger partial charge is 0.591 e. The minimum Gasteiger partial charge on any atom is -0.591 e. The number of hydrogen-bond acceptors (Lipinski definition) is 2. The van der Waals surface area contributed by atoms with Crippen molar-refractivity contribution >= 4 is 17.1 Å². The summed E-state index contributed by atoms with van der Waals surface area (Å²) in [7, 11) is 0. The van der Waals surface area contributed by atoms with Crippen LogP contribution in [0.5, 0.6) is 0 Å². The van der Waals surface area contributed by atoms with Crippen molar-refractivity contribution in [3.63, 3.8) is 0 Å². The smallest absolute Gasteiger partial charge is 0.438 e. The molecule has 7 heteroatoms. The molecular formula is C12H13F4NOS. The first-order valence-corrected chi connectivity index (χ1v) is 6.46. The van der Waals surface area contributed by atoms with E-state index in [2.05, 4.69) is 4.40 Å². The van der Waals surface area contributed by atoms with Crippen molar-refractivity contribution in [1.82, 2.24) is 0 Å². The van der Waals surface area contributed by atoms with Crippen molar-refractivity contribution in [2.75, 3.05) is 0 Å². The molecule has 0 spiro atoms. The van der Waals surface area contributed by atoms with Crippen molar-refractivity contribution < 1.29 is 22.1 Å². The van der Waals surface area contributed by atoms with Crippen LogP contribution in [0.3, 0.4) is 0 Å². The van der Waals surface area contributed by atoms with E-state index in [0.29, 0.717) is 6.07 Å². The molecule has 1 aromatic carbocycles. The third-order valence-corrected chi connectivity index (χ3v) is 3.46. The highest BCUT2D eigenvalue weighted by molar-refractivity contribution is 7.91. The van der Waals surface area contributed by atoms with Gasteiger partial charge in [-0.25, -0.2) is 4.39 Å². The Bertz CT molecular complexity index is 479. The molecule has 0 fully saturated rings. The van der Waals surface area contributed by atoms with Crippen LogP contribution in [-0.4, -0.2) is 21.2 Å². The Morgan fingerprint density at radius 1 is 1.21 bits per heavy atom. The van der Waals surface area contributed by atoms with Crippen molar-refractivity contribution in [2.24, 2.45) is 4.40 Å². The van der Waals surface area contributed by atoms with Crippen LogP contribution in [0, 0.1) is 5.82 Å². The van der Waals surface area contributed by atoms with E-state index in [4.69, 9.17) is 0 Å². The van der Waals surface area contributed by atoms with Crippen LogP contribution >= 0.6 is 0 Å². The van der Waals surface area contributed by atoms with Gasteiger partial charge in [0, 0.05) is 5.56 Å². The van der Waals surface area contributed by atoms with Crippen LogP contribution in [0.15, 0.2) is 28.7 Å². The van der Waals surface area contributed by atoms with Crippen LogP contribution in [0.2, 0.25) is 0 Å². The molecule has 1 rings (SSSR count). The van der Waals surface area contributed by atoms with Crippen LogP contribution in [0.1, 0.15) is 26.3 Å². The Morgan fingerprint density at radius 3 is 2.21 bits per heavy atom. The SMILES string of the molecule is CC(C)(C)[S+]([O-])N=C(c1cccc(F)c1)C(F)(F)F. The standard InChI is InChI=1S/C12H13F4NOS/c1-11(2,3)19(18)17-10(12(14,15)16)8-5-4-6-9(13)7-8/h4-7H,1-3H3. The molecule has 0 aliphatic heterocycles. The predicted molar refractivity (Wildman–Crippen MR) is 66.9 cm³/mol. The second kappa shape index (κ2) is 5.50. The second-order valence-electron chi connectivity index (χ2n) is 4.81. The molecule has 0 aromatic heterocycles. The van der Waals surface area contributed by atoms with E-state index in [1.165, 1.54) is 20.8 Å². The summed E-state index contributed by atoms with van der Waals surface area (Å²) in [5.74, 6) is -0.809. The molecule has 1 aromatic rings. The van der Waals surface area contributed by atoms with E-state index < -0.39 is 39.4 Å². The summed E-state index contributed by atoms with van der Waals surface area (Å²) in [5, 5.41) is 0. The van der Waals surface area contributed by atoms with Crippen LogP contribution in [0.4, 0.5) is 17.6 Å². The molecule has 0 heterocycles. The molecule has 0 saturated heterocycles. The summed E-state index contributed by atoms with van der Waals surface area (Å²) in [6.07, 6.45) is -4.80. The molecule has 0 bridgehead atoms. The zero-order chi connectivity index (χ0) is 14.8. The molecule has 0 aliphatic carbocycles. The molecule has 0 amide bonds. The highest BCUT2D eigenvalue weighted by Crippen LogP contribution is 2.26. The lowest BCUT2D eigenvalue weighted by Crippen LogP contribution is -2.31. The highest BCUT2D eigenvalue weighted by atomic mass is 32.2. The van der Waals surface area contributed by atoms with Gasteiger partial charge in [0.2, 0.25) is 5.71 Å². The van der Waals surface area contributed by atoms with Crippen molar-refractivity contribution in [2.45, 2.75) is 31.7 Å². The minimum atomic E-state index is -4.80. The molecule has 19 heavy (non-hydrogen) atoms. The van der Waals surface area contributed by atoms with Gasteiger partial charge in [0.1, 0.15) is 21.9 Å². The van der Waals surface area contributed by atoms with E-state index in [9.17, 15) is 22.1 Å². The highest BCUT2D eigenvalue weighted by Gasteiger charge is 2.41. The van der Waals surface area contributed by atoms with E-state index >= 15 is 0 Å². The maximum Gasteiger partial charge on any atom is 0.438 e. The van der Waals surface area contributed by atoms with E-state index in [0.717, 1.165) is 18.2 Å². The molecule has 0 aliphatic rings. The molecule has 0 N–H and O–H groups in total. The van der Waals surface area contributed by atoms with Gasteiger partial charge in [-0.3, -0.25) is 0 Å². The predicted octanol–water partition coefficient (Wildman–Crippen LogP) is 3.64. The third-order valence-electron chi connectivity index (χ3n) is 2.06. The fraction of sp³-hybridized carbons (Fsp3) is 0.417. The van der Waals surface area contributed by atoms with Crippen LogP contribution < -0.4 is 0 Å². The van der Waals surface area contributed by atoms with Gasteiger partial charge in [-0.05, 0) is 32.9 Å². The monoisotopic (exact) mass is 295 g/mol. The molecule has 1 unspecified atom stereocenters. The Morgan fingerprint density at radius 2 is 1.79 bits per heavy atom. The van der Waals surface area contributed by atoms with Crippen molar-refractivity contribution in [1.29, 1.82) is 0 Å². The van der Waals surface area contributed by atoms with Gasteiger partial charge in [0.15, 0.2) is 0 Å². The number of alkyl halides is 3. The number of benzene rings is 1. The van der Waals surface area contributed by atoms with Crippen LogP contribution in [-0.2, 0) is 11.4 Å². The van der Waals surface area contributed by atoms with Gasteiger partial charge >= 0.3 is 6.18 Å². The fourth-order valence-electron chi connectivity index (χ4n) is 1.12. The molecule has 0 radical (unpaired) electrons. The average molecular weight is 295 g/mol. The summed E-state index contributed by atoms with van der Waals surface area (Å²) in [6.45, 7) is 4.52. The molecule has 106 valence electrons. The number of halogens is 4. The lowest BCUT2D eigenvalue weighted by molar-refractivity contribution is -0.0578. The number of rotatable bonds is 2. The normalized spacial score (nSPS) is 15.5. The Kier molecular flexibility index (Phi) is 4.63. The third kappa shape index (κ3) is 4.50. The first kappa shape index (κ1) is 16.0. The topological polar surface area (TPSA) is 35.4 Å². The molecule has 1 atom stereocenters. The lowest BCUT2D eigenvalue weighted by atomic mass is 10.1. The number of hydrogen-bond donors (Lipinski definition) is 0. The summed E-state index contributed by atoms with van der Waals surface area (Å²) < 4.78 is 65.7. The quantitative estimate of drug-likeness (QED) is 0.466. The number of nitrogens with zero attached hydrogens (tertiary/aromatic N) is 1. The summed E-state index contributed by atoms with van der Waals surface area (Å²) >= 11 is -2.08. The second-order valence-corrected chi connectivity index (χ2v) is 6.72. The van der Waals surface area contributed by atoms with E-state index in [-0.39, 0.29) is 0 Å². The Balaban J connectivity index is 3.28. The minimum absolute atomic E-state index is 0.440. The van der Waals surface area contributed by atoms with E-state index in [1.807, 2.05) is 0 Å². The summed E-state index contributed by atoms with van der Waals surface area (Å²) in [5.41, 5.74) is -1.77. The maximum absolute atomic E-state index is 13.0. The molecule has 2 nitrogen and oxygen atoms in total. The summed E-state index contributed by atoms with van der Waals surface area (Å²) in [4.78, 5) is 0. The Hall–Kier alpha value is -1.08. The molecular weight excluding hydrogens is 282 g/mol. The van der Waals surface area contributed by atoms with Gasteiger partial charge in [-0.2, -0.15) is 13.2 Å². The zero-order valence-electron chi connectivity index (χ0n) is 10.6. The average Bonchev–Trinajstić information content (AvgIpc) is 2.22.